The molecule has 0 saturated carbocycles. The zero-order valence-electron chi connectivity index (χ0n) is 13.9. The van der Waals surface area contributed by atoms with E-state index < -0.39 is 0 Å². The zero-order chi connectivity index (χ0) is 17.1. The number of aromatic nitrogens is 1. The molecule has 24 heavy (non-hydrogen) atoms. The van der Waals surface area contributed by atoms with Crippen molar-refractivity contribution >= 4 is 17.4 Å². The Balaban J connectivity index is 1.84. The van der Waals surface area contributed by atoms with Gasteiger partial charge >= 0.3 is 6.09 Å². The summed E-state index contributed by atoms with van der Waals surface area (Å²) in [6.45, 7) is 3.46. The van der Waals surface area contributed by atoms with Crippen molar-refractivity contribution < 1.29 is 19.0 Å². The van der Waals surface area contributed by atoms with Crippen molar-refractivity contribution in [2.24, 2.45) is 5.92 Å². The maximum absolute atomic E-state index is 11.8. The third kappa shape index (κ3) is 3.31. The van der Waals surface area contributed by atoms with Crippen LogP contribution in [0.15, 0.2) is 29.8 Å². The molecule has 2 aromatic rings. The van der Waals surface area contributed by atoms with Crippen molar-refractivity contribution in [1.82, 2.24) is 9.88 Å². The first kappa shape index (κ1) is 16.6. The van der Waals surface area contributed by atoms with E-state index in [9.17, 15) is 4.79 Å². The van der Waals surface area contributed by atoms with Crippen LogP contribution < -0.4 is 9.47 Å². The van der Waals surface area contributed by atoms with Crippen LogP contribution in [0.5, 0.6) is 16.7 Å². The molecular formula is C17H20N2O4S. The highest BCUT2D eigenvalue weighted by Gasteiger charge is 2.34. The van der Waals surface area contributed by atoms with Crippen molar-refractivity contribution in [1.29, 1.82) is 0 Å². The van der Waals surface area contributed by atoms with E-state index in [0.717, 1.165) is 5.56 Å². The number of hydrogen-bond donors (Lipinski definition) is 0. The third-order valence-electron chi connectivity index (χ3n) is 4.27. The lowest BCUT2D eigenvalue weighted by Gasteiger charge is -2.17. The van der Waals surface area contributed by atoms with E-state index in [4.69, 9.17) is 14.2 Å². The van der Waals surface area contributed by atoms with Gasteiger partial charge in [-0.05, 0) is 23.6 Å². The summed E-state index contributed by atoms with van der Waals surface area (Å²) in [5, 5.41) is 2.43. The van der Waals surface area contributed by atoms with E-state index in [1.54, 1.807) is 18.2 Å². The number of likely N-dealkylation sites (tertiary alicyclic amines) is 1. The van der Waals surface area contributed by atoms with Gasteiger partial charge in [-0.25, -0.2) is 9.78 Å². The van der Waals surface area contributed by atoms with Gasteiger partial charge in [0.1, 0.15) is 0 Å². The highest BCUT2D eigenvalue weighted by Crippen LogP contribution is 2.39. The van der Waals surface area contributed by atoms with Crippen molar-refractivity contribution in [3.8, 4) is 16.7 Å². The minimum atomic E-state index is -0.280. The molecule has 1 aromatic heterocycles. The summed E-state index contributed by atoms with van der Waals surface area (Å²) in [4.78, 5) is 17.7. The van der Waals surface area contributed by atoms with Gasteiger partial charge in [0.05, 0.1) is 14.2 Å². The second-order valence-corrected chi connectivity index (χ2v) is 6.63. The molecule has 1 fully saturated rings. The van der Waals surface area contributed by atoms with Crippen LogP contribution in [0, 0.1) is 5.92 Å². The topological polar surface area (TPSA) is 60.9 Å². The fourth-order valence-electron chi connectivity index (χ4n) is 3.04. The molecule has 0 spiro atoms. The lowest BCUT2D eigenvalue weighted by Crippen LogP contribution is -2.28. The summed E-state index contributed by atoms with van der Waals surface area (Å²) in [6, 6.07) is 5.89. The molecule has 0 bridgehead atoms. The zero-order valence-corrected chi connectivity index (χ0v) is 14.7. The standard InChI is InChI=1S/C17H20N2O4S/c1-11-9-19(17(20)22-3)10-13(11)12-4-5-14(21-2)15(8-12)23-16-18-6-7-24-16/h4-8,11,13H,9-10H2,1-3H3/t11-,13+/m0/s1. The van der Waals surface area contributed by atoms with Gasteiger partial charge in [-0.2, -0.15) is 0 Å². The minimum absolute atomic E-state index is 0.230. The van der Waals surface area contributed by atoms with Crippen LogP contribution >= 0.6 is 11.3 Å². The van der Waals surface area contributed by atoms with Crippen LogP contribution in [-0.4, -0.2) is 43.3 Å². The molecule has 2 atom stereocenters. The van der Waals surface area contributed by atoms with Crippen LogP contribution in [0.25, 0.3) is 0 Å². The van der Waals surface area contributed by atoms with E-state index in [1.807, 2.05) is 23.6 Å². The Morgan fingerprint density at radius 2 is 2.12 bits per heavy atom. The molecule has 2 heterocycles. The maximum atomic E-state index is 11.8. The summed E-state index contributed by atoms with van der Waals surface area (Å²) in [5.74, 6) is 1.86. The largest absolute Gasteiger partial charge is 0.493 e. The van der Waals surface area contributed by atoms with Gasteiger partial charge in [-0.1, -0.05) is 24.3 Å². The smallest absolute Gasteiger partial charge is 0.409 e. The first-order valence-corrected chi connectivity index (χ1v) is 8.58. The number of hydrogen-bond acceptors (Lipinski definition) is 6. The highest BCUT2D eigenvalue weighted by molar-refractivity contribution is 7.11. The fraction of sp³-hybridized carbons (Fsp3) is 0.412. The fourth-order valence-corrected chi connectivity index (χ4v) is 3.54. The molecule has 1 saturated heterocycles. The predicted molar refractivity (Wildman–Crippen MR) is 91.1 cm³/mol. The van der Waals surface area contributed by atoms with Crippen molar-refractivity contribution in [2.45, 2.75) is 12.8 Å². The first-order valence-electron chi connectivity index (χ1n) is 7.70. The van der Waals surface area contributed by atoms with Crippen LogP contribution in [-0.2, 0) is 4.74 Å². The molecule has 1 aromatic carbocycles. The van der Waals surface area contributed by atoms with Crippen LogP contribution in [0.2, 0.25) is 0 Å². The Kier molecular flexibility index (Phi) is 4.89. The minimum Gasteiger partial charge on any atom is -0.493 e. The van der Waals surface area contributed by atoms with Gasteiger partial charge in [0.25, 0.3) is 5.19 Å². The number of thiazole rings is 1. The summed E-state index contributed by atoms with van der Waals surface area (Å²) < 4.78 is 16.1. The molecule has 1 aliphatic heterocycles. The van der Waals surface area contributed by atoms with E-state index in [1.165, 1.54) is 18.4 Å². The Hall–Kier alpha value is -2.28. The third-order valence-corrected chi connectivity index (χ3v) is 4.92. The number of rotatable bonds is 4. The van der Waals surface area contributed by atoms with Gasteiger partial charge in [0.15, 0.2) is 11.5 Å². The quantitative estimate of drug-likeness (QED) is 0.842. The number of methoxy groups -OCH3 is 2. The Labute approximate surface area is 145 Å². The molecule has 7 heteroatoms. The Bertz CT molecular complexity index is 705. The van der Waals surface area contributed by atoms with Gasteiger partial charge < -0.3 is 19.1 Å². The molecule has 0 aliphatic carbocycles. The van der Waals surface area contributed by atoms with Crippen LogP contribution in [0.3, 0.4) is 0 Å². The lowest BCUT2D eigenvalue weighted by molar-refractivity contribution is 0.131. The van der Waals surface area contributed by atoms with Crippen molar-refractivity contribution in [3.05, 3.63) is 35.3 Å². The molecule has 0 radical (unpaired) electrons. The van der Waals surface area contributed by atoms with E-state index in [2.05, 4.69) is 11.9 Å². The number of amides is 1. The average Bonchev–Trinajstić information content (AvgIpc) is 3.23. The predicted octanol–water partition coefficient (Wildman–Crippen LogP) is 3.75. The Morgan fingerprint density at radius 3 is 2.79 bits per heavy atom. The van der Waals surface area contributed by atoms with E-state index in [0.29, 0.717) is 35.7 Å². The molecule has 0 unspecified atom stereocenters. The van der Waals surface area contributed by atoms with Crippen LogP contribution in [0.4, 0.5) is 4.79 Å². The van der Waals surface area contributed by atoms with Gasteiger partial charge in [-0.3, -0.25) is 0 Å². The lowest BCUT2D eigenvalue weighted by atomic mass is 9.90. The molecule has 1 aliphatic rings. The Morgan fingerprint density at radius 1 is 1.29 bits per heavy atom. The monoisotopic (exact) mass is 348 g/mol. The maximum Gasteiger partial charge on any atom is 0.409 e. The summed E-state index contributed by atoms with van der Waals surface area (Å²) >= 11 is 1.42. The second kappa shape index (κ2) is 7.09. The molecule has 128 valence electrons. The SMILES string of the molecule is COC(=O)N1C[C@H](C)[C@H](c2ccc(OC)c(Oc3nccs3)c2)C1. The number of benzene rings is 1. The molecular weight excluding hydrogens is 328 g/mol. The van der Waals surface area contributed by atoms with Crippen molar-refractivity contribution in [3.63, 3.8) is 0 Å². The van der Waals surface area contributed by atoms with Gasteiger partial charge in [0.2, 0.25) is 0 Å². The van der Waals surface area contributed by atoms with Gasteiger partial charge in [-0.15, -0.1) is 0 Å². The average molecular weight is 348 g/mol. The molecule has 6 nitrogen and oxygen atoms in total. The second-order valence-electron chi connectivity index (χ2n) is 5.77. The highest BCUT2D eigenvalue weighted by atomic mass is 32.1. The molecule has 1 amide bonds. The number of carbonyl (C=O) groups excluding carboxylic acids is 1. The van der Waals surface area contributed by atoms with Gasteiger partial charge in [0, 0.05) is 30.6 Å². The normalized spacial score (nSPS) is 20.0. The molecule has 0 N–H and O–H groups in total. The van der Waals surface area contributed by atoms with E-state index in [-0.39, 0.29) is 12.0 Å². The number of carbonyl (C=O) groups is 1. The van der Waals surface area contributed by atoms with E-state index >= 15 is 0 Å². The van der Waals surface area contributed by atoms with Crippen LogP contribution in [0.1, 0.15) is 18.4 Å². The summed E-state index contributed by atoms with van der Waals surface area (Å²) in [5.41, 5.74) is 1.11. The first-order chi connectivity index (χ1) is 11.6. The van der Waals surface area contributed by atoms with Crippen molar-refractivity contribution in [2.75, 3.05) is 27.3 Å². The summed E-state index contributed by atoms with van der Waals surface area (Å²) in [7, 11) is 3.02. The number of ether oxygens (including phenoxy) is 3. The summed E-state index contributed by atoms with van der Waals surface area (Å²) in [6.07, 6.45) is 1.42. The molecule has 3 rings (SSSR count). The number of nitrogens with zero attached hydrogens (tertiary/aromatic N) is 2.